The van der Waals surface area contributed by atoms with Gasteiger partial charge in [-0.1, -0.05) is 60.7 Å². The Labute approximate surface area is 150 Å². The first kappa shape index (κ1) is 17.5. The van der Waals surface area contributed by atoms with Gasteiger partial charge in [-0.25, -0.2) is 9.69 Å². The Morgan fingerprint density at radius 3 is 2.40 bits per heavy atom. The lowest BCUT2D eigenvalue weighted by atomic mass is 10.0. The minimum Gasteiger partial charge on any atom is -0.447 e. The number of amides is 2. The monoisotopic (exact) mass is 359 g/mol. The second-order valence-corrected chi connectivity index (χ2v) is 6.36. The second-order valence-electron chi connectivity index (χ2n) is 5.89. The van der Waals surface area contributed by atoms with Crippen LogP contribution in [0.25, 0.3) is 0 Å². The second kappa shape index (κ2) is 7.68. The highest BCUT2D eigenvalue weighted by atomic mass is 35.5. The summed E-state index contributed by atoms with van der Waals surface area (Å²) in [4.78, 5) is 25.8. The fourth-order valence-electron chi connectivity index (χ4n) is 2.85. The minimum absolute atomic E-state index is 0.116. The summed E-state index contributed by atoms with van der Waals surface area (Å²) in [5.41, 5.74) is 1.50. The average molecular weight is 360 g/mol. The van der Waals surface area contributed by atoms with Gasteiger partial charge in [0.15, 0.2) is 0 Å². The van der Waals surface area contributed by atoms with E-state index < -0.39 is 29.5 Å². The predicted octanol–water partition coefficient (Wildman–Crippen LogP) is 2.92. The first-order valence-corrected chi connectivity index (χ1v) is 8.42. The lowest BCUT2D eigenvalue weighted by molar-refractivity contribution is -0.130. The minimum atomic E-state index is -1.27. The molecule has 3 rings (SSSR count). The number of benzene rings is 2. The van der Waals surface area contributed by atoms with Crippen LogP contribution in [0.1, 0.15) is 17.2 Å². The van der Waals surface area contributed by atoms with E-state index in [4.69, 9.17) is 16.3 Å². The van der Waals surface area contributed by atoms with Gasteiger partial charge in [-0.2, -0.15) is 0 Å². The third-order valence-corrected chi connectivity index (χ3v) is 4.59. The van der Waals surface area contributed by atoms with E-state index in [0.29, 0.717) is 12.0 Å². The van der Waals surface area contributed by atoms with E-state index in [2.05, 4.69) is 0 Å². The first-order chi connectivity index (χ1) is 12.1. The molecule has 2 amide bonds. The van der Waals surface area contributed by atoms with Crippen LogP contribution in [0.5, 0.6) is 0 Å². The van der Waals surface area contributed by atoms with Gasteiger partial charge in [-0.05, 0) is 17.5 Å². The van der Waals surface area contributed by atoms with Gasteiger partial charge < -0.3 is 9.84 Å². The maximum absolute atomic E-state index is 12.7. The molecule has 1 N–H and O–H groups in total. The smallest absolute Gasteiger partial charge is 0.417 e. The third kappa shape index (κ3) is 3.83. The highest BCUT2D eigenvalue weighted by Crippen LogP contribution is 2.26. The quantitative estimate of drug-likeness (QED) is 0.833. The van der Waals surface area contributed by atoms with Crippen LogP contribution in [0, 0.1) is 0 Å². The van der Waals surface area contributed by atoms with Crippen molar-refractivity contribution in [2.45, 2.75) is 23.9 Å². The molecule has 3 atom stereocenters. The Hall–Kier alpha value is -2.37. The largest absolute Gasteiger partial charge is 0.447 e. The lowest BCUT2D eigenvalue weighted by Crippen LogP contribution is -2.45. The van der Waals surface area contributed by atoms with E-state index in [1.165, 1.54) is 0 Å². The van der Waals surface area contributed by atoms with Crippen molar-refractivity contribution in [2.24, 2.45) is 0 Å². The molecule has 0 unspecified atom stereocenters. The number of imide groups is 1. The van der Waals surface area contributed by atoms with Crippen LogP contribution in [0.2, 0.25) is 0 Å². The van der Waals surface area contributed by atoms with Crippen LogP contribution < -0.4 is 0 Å². The van der Waals surface area contributed by atoms with Gasteiger partial charge in [0, 0.05) is 0 Å². The zero-order chi connectivity index (χ0) is 17.8. The van der Waals surface area contributed by atoms with Crippen LogP contribution in [0.4, 0.5) is 4.79 Å². The molecule has 2 aromatic carbocycles. The van der Waals surface area contributed by atoms with Crippen LogP contribution >= 0.6 is 11.6 Å². The lowest BCUT2D eigenvalue weighted by Gasteiger charge is -2.24. The van der Waals surface area contributed by atoms with Gasteiger partial charge in [0.1, 0.15) is 18.1 Å². The van der Waals surface area contributed by atoms with Gasteiger partial charge in [0.25, 0.3) is 5.91 Å². The molecule has 130 valence electrons. The van der Waals surface area contributed by atoms with E-state index in [0.717, 1.165) is 10.5 Å². The summed E-state index contributed by atoms with van der Waals surface area (Å²) in [6.45, 7) is 0.116. The van der Waals surface area contributed by atoms with Crippen LogP contribution in [0.15, 0.2) is 60.7 Å². The highest BCUT2D eigenvalue weighted by molar-refractivity contribution is 6.32. The first-order valence-electron chi connectivity index (χ1n) is 7.98. The van der Waals surface area contributed by atoms with Crippen molar-refractivity contribution in [3.63, 3.8) is 0 Å². The number of ether oxygens (including phenoxy) is 1. The number of aliphatic hydroxyl groups is 1. The van der Waals surface area contributed by atoms with Crippen molar-refractivity contribution in [3.05, 3.63) is 71.8 Å². The maximum Gasteiger partial charge on any atom is 0.417 e. The summed E-state index contributed by atoms with van der Waals surface area (Å²) in [6, 6.07) is 17.7. The van der Waals surface area contributed by atoms with Crippen molar-refractivity contribution in [1.82, 2.24) is 4.90 Å². The zero-order valence-corrected chi connectivity index (χ0v) is 14.2. The molecule has 0 aliphatic carbocycles. The van der Waals surface area contributed by atoms with Crippen LogP contribution in [0.3, 0.4) is 0 Å². The maximum atomic E-state index is 12.7. The Balaban J connectivity index is 1.75. The highest BCUT2D eigenvalue weighted by Gasteiger charge is 2.42. The van der Waals surface area contributed by atoms with E-state index in [-0.39, 0.29) is 6.61 Å². The number of halogens is 1. The summed E-state index contributed by atoms with van der Waals surface area (Å²) in [6.07, 6.45) is -1.46. The summed E-state index contributed by atoms with van der Waals surface area (Å²) in [7, 11) is 0. The summed E-state index contributed by atoms with van der Waals surface area (Å²) in [5, 5.41) is 9.08. The molecule has 25 heavy (non-hydrogen) atoms. The molecule has 1 heterocycles. The summed E-state index contributed by atoms with van der Waals surface area (Å²) in [5.74, 6) is -0.651. The molecule has 1 aliphatic heterocycles. The van der Waals surface area contributed by atoms with Gasteiger partial charge in [0.05, 0.1) is 6.04 Å². The normalized spacial score (nSPS) is 19.4. The molecule has 1 fully saturated rings. The molecular formula is C19H18ClNO4. The molecular weight excluding hydrogens is 342 g/mol. The molecule has 6 heteroatoms. The van der Waals surface area contributed by atoms with Crippen molar-refractivity contribution >= 4 is 23.6 Å². The van der Waals surface area contributed by atoms with Crippen LogP contribution in [-0.2, 0) is 16.0 Å². The number of aliphatic hydroxyl groups excluding tert-OH is 1. The number of carbonyl (C=O) groups is 2. The number of alkyl halides is 1. The summed E-state index contributed by atoms with van der Waals surface area (Å²) < 4.78 is 5.03. The number of cyclic esters (lactones) is 1. The number of rotatable bonds is 5. The standard InChI is InChI=1S/C19H18ClNO4/c20-16(17(22)14-9-5-2-6-10-14)18(23)21-15(12-25-19(21)24)11-13-7-3-1-4-8-13/h1-10,15-17,22H,11-12H2/t15-,16+,17-/m0/s1. The van der Waals surface area contributed by atoms with E-state index in [1.54, 1.807) is 30.3 Å². The van der Waals surface area contributed by atoms with Gasteiger partial charge >= 0.3 is 6.09 Å². The fourth-order valence-corrected chi connectivity index (χ4v) is 3.10. The molecule has 0 bridgehead atoms. The molecule has 2 aromatic rings. The fraction of sp³-hybridized carbons (Fsp3) is 0.263. The Morgan fingerprint density at radius 2 is 1.76 bits per heavy atom. The predicted molar refractivity (Wildman–Crippen MR) is 93.2 cm³/mol. The van der Waals surface area contributed by atoms with E-state index >= 15 is 0 Å². The molecule has 0 radical (unpaired) electrons. The number of hydrogen-bond acceptors (Lipinski definition) is 4. The van der Waals surface area contributed by atoms with E-state index in [1.807, 2.05) is 30.3 Å². The Bertz CT molecular complexity index is 738. The van der Waals surface area contributed by atoms with Gasteiger partial charge in [0.2, 0.25) is 0 Å². The number of carbonyl (C=O) groups excluding carboxylic acids is 2. The van der Waals surface area contributed by atoms with Crippen molar-refractivity contribution in [3.8, 4) is 0 Å². The SMILES string of the molecule is O=C1OC[C@H](Cc2ccccc2)N1C(=O)[C@H](Cl)[C@@H](O)c1ccccc1. The third-order valence-electron chi connectivity index (χ3n) is 4.17. The van der Waals surface area contributed by atoms with Gasteiger partial charge in [-0.15, -0.1) is 11.6 Å². The number of hydrogen-bond donors (Lipinski definition) is 1. The molecule has 1 aliphatic rings. The Morgan fingerprint density at radius 1 is 1.16 bits per heavy atom. The molecule has 0 aromatic heterocycles. The average Bonchev–Trinajstić information content (AvgIpc) is 3.01. The zero-order valence-electron chi connectivity index (χ0n) is 13.4. The van der Waals surface area contributed by atoms with Crippen molar-refractivity contribution in [1.29, 1.82) is 0 Å². The molecule has 0 saturated carbocycles. The van der Waals surface area contributed by atoms with Gasteiger partial charge in [-0.3, -0.25) is 4.79 Å². The molecule has 0 spiro atoms. The summed E-state index contributed by atoms with van der Waals surface area (Å²) >= 11 is 6.18. The van der Waals surface area contributed by atoms with Crippen molar-refractivity contribution in [2.75, 3.05) is 6.61 Å². The topological polar surface area (TPSA) is 66.8 Å². The molecule has 5 nitrogen and oxygen atoms in total. The molecule has 1 saturated heterocycles. The van der Waals surface area contributed by atoms with E-state index in [9.17, 15) is 14.7 Å². The Kier molecular flexibility index (Phi) is 5.36. The van der Waals surface area contributed by atoms with Crippen LogP contribution in [-0.4, -0.2) is 40.0 Å². The van der Waals surface area contributed by atoms with Crippen molar-refractivity contribution < 1.29 is 19.4 Å². The number of nitrogens with zero attached hydrogens (tertiary/aromatic N) is 1.